The first-order valence-electron chi connectivity index (χ1n) is 6.15. The van der Waals surface area contributed by atoms with Crippen molar-refractivity contribution in [1.82, 2.24) is 4.90 Å². The van der Waals surface area contributed by atoms with Crippen LogP contribution in [0.4, 0.5) is 0 Å². The van der Waals surface area contributed by atoms with Gasteiger partial charge in [-0.15, -0.1) is 0 Å². The summed E-state index contributed by atoms with van der Waals surface area (Å²) in [5, 5.41) is 9.64. The number of hydrogen-bond acceptors (Lipinski definition) is 3. The van der Waals surface area contributed by atoms with Crippen LogP contribution in [0.25, 0.3) is 0 Å². The average molecular weight is 251 g/mol. The standard InChI is InChI=1S/C14H21NO3/c1-4-13(16)11-5-7-12(8-6-11)18-10-9-14(17)15(2)3/h5-8,13,16H,4,9-10H2,1-3H3/t13-/m1/s1. The molecule has 1 atom stereocenters. The maximum Gasteiger partial charge on any atom is 0.225 e. The molecular formula is C14H21NO3. The third-order valence-corrected chi connectivity index (χ3v) is 2.74. The molecule has 0 saturated carbocycles. The lowest BCUT2D eigenvalue weighted by Gasteiger charge is -2.12. The summed E-state index contributed by atoms with van der Waals surface area (Å²) < 4.78 is 5.47. The number of hydrogen-bond donors (Lipinski definition) is 1. The molecule has 1 aromatic rings. The number of ether oxygens (including phenoxy) is 1. The first-order valence-corrected chi connectivity index (χ1v) is 6.15. The quantitative estimate of drug-likeness (QED) is 0.841. The van der Waals surface area contributed by atoms with E-state index in [1.54, 1.807) is 19.0 Å². The topological polar surface area (TPSA) is 49.8 Å². The molecule has 0 bridgehead atoms. The fourth-order valence-electron chi connectivity index (χ4n) is 1.50. The zero-order valence-electron chi connectivity index (χ0n) is 11.2. The van der Waals surface area contributed by atoms with Crippen LogP contribution in [0.1, 0.15) is 31.4 Å². The molecule has 0 heterocycles. The minimum absolute atomic E-state index is 0.0491. The van der Waals surface area contributed by atoms with Crippen molar-refractivity contribution >= 4 is 5.91 Å². The molecule has 0 fully saturated rings. The van der Waals surface area contributed by atoms with Crippen molar-refractivity contribution in [1.29, 1.82) is 0 Å². The Hall–Kier alpha value is -1.55. The second-order valence-electron chi connectivity index (χ2n) is 4.38. The van der Waals surface area contributed by atoms with Gasteiger partial charge in [-0.3, -0.25) is 4.79 Å². The molecule has 0 saturated heterocycles. The number of rotatable bonds is 6. The molecule has 0 aliphatic rings. The lowest BCUT2D eigenvalue weighted by Crippen LogP contribution is -2.23. The SMILES string of the molecule is CC[C@@H](O)c1ccc(OCCC(=O)N(C)C)cc1. The summed E-state index contributed by atoms with van der Waals surface area (Å²) in [6.45, 7) is 2.30. The van der Waals surface area contributed by atoms with Crippen LogP contribution in [-0.2, 0) is 4.79 Å². The smallest absolute Gasteiger partial charge is 0.225 e. The predicted octanol–water partition coefficient (Wildman–Crippen LogP) is 1.99. The fraction of sp³-hybridized carbons (Fsp3) is 0.500. The maximum absolute atomic E-state index is 11.3. The Kier molecular flexibility index (Phi) is 5.65. The zero-order chi connectivity index (χ0) is 13.5. The van der Waals surface area contributed by atoms with Crippen LogP contribution in [0.5, 0.6) is 5.75 Å². The number of benzene rings is 1. The van der Waals surface area contributed by atoms with Crippen LogP contribution in [0.15, 0.2) is 24.3 Å². The summed E-state index contributed by atoms with van der Waals surface area (Å²) in [4.78, 5) is 12.9. The summed E-state index contributed by atoms with van der Waals surface area (Å²) in [5.41, 5.74) is 0.884. The van der Waals surface area contributed by atoms with E-state index in [9.17, 15) is 9.90 Å². The zero-order valence-corrected chi connectivity index (χ0v) is 11.2. The van der Waals surface area contributed by atoms with Crippen molar-refractivity contribution < 1.29 is 14.6 Å². The Morgan fingerprint density at radius 1 is 1.33 bits per heavy atom. The molecule has 0 aliphatic heterocycles. The van der Waals surface area contributed by atoms with Crippen LogP contribution in [0.2, 0.25) is 0 Å². The van der Waals surface area contributed by atoms with Crippen LogP contribution in [-0.4, -0.2) is 36.6 Å². The molecule has 0 unspecified atom stereocenters. The molecule has 4 heteroatoms. The van der Waals surface area contributed by atoms with E-state index in [-0.39, 0.29) is 5.91 Å². The molecule has 1 rings (SSSR count). The minimum atomic E-state index is -0.422. The lowest BCUT2D eigenvalue weighted by molar-refractivity contribution is -0.129. The molecule has 1 N–H and O–H groups in total. The summed E-state index contributed by atoms with van der Waals surface area (Å²) in [7, 11) is 3.45. The first-order chi connectivity index (χ1) is 8.54. The van der Waals surface area contributed by atoms with Crippen molar-refractivity contribution in [3.8, 4) is 5.75 Å². The largest absolute Gasteiger partial charge is 0.493 e. The van der Waals surface area contributed by atoms with Gasteiger partial charge in [0.1, 0.15) is 5.75 Å². The Labute approximate surface area is 108 Å². The number of amides is 1. The maximum atomic E-state index is 11.3. The summed E-state index contributed by atoms with van der Waals surface area (Å²) in [5.74, 6) is 0.765. The Bertz CT molecular complexity index is 373. The van der Waals surface area contributed by atoms with Gasteiger partial charge in [0.05, 0.1) is 19.1 Å². The van der Waals surface area contributed by atoms with Gasteiger partial charge in [0.25, 0.3) is 0 Å². The number of aliphatic hydroxyl groups is 1. The molecule has 0 aliphatic carbocycles. The lowest BCUT2D eigenvalue weighted by atomic mass is 10.1. The van der Waals surface area contributed by atoms with Crippen molar-refractivity contribution in [3.63, 3.8) is 0 Å². The van der Waals surface area contributed by atoms with E-state index in [1.807, 2.05) is 31.2 Å². The van der Waals surface area contributed by atoms with Gasteiger partial charge >= 0.3 is 0 Å². The average Bonchev–Trinajstić information content (AvgIpc) is 2.38. The third-order valence-electron chi connectivity index (χ3n) is 2.74. The highest BCUT2D eigenvalue weighted by Crippen LogP contribution is 2.19. The van der Waals surface area contributed by atoms with Gasteiger partial charge in [-0.25, -0.2) is 0 Å². The van der Waals surface area contributed by atoms with Gasteiger partial charge in [0.15, 0.2) is 0 Å². The van der Waals surface area contributed by atoms with Crippen molar-refractivity contribution in [3.05, 3.63) is 29.8 Å². The molecule has 18 heavy (non-hydrogen) atoms. The molecule has 4 nitrogen and oxygen atoms in total. The normalized spacial score (nSPS) is 12.0. The van der Waals surface area contributed by atoms with E-state index in [0.29, 0.717) is 25.2 Å². The van der Waals surface area contributed by atoms with E-state index in [1.165, 1.54) is 0 Å². The minimum Gasteiger partial charge on any atom is -0.493 e. The Morgan fingerprint density at radius 2 is 1.94 bits per heavy atom. The van der Waals surface area contributed by atoms with E-state index in [0.717, 1.165) is 5.56 Å². The number of aliphatic hydroxyl groups excluding tert-OH is 1. The summed E-state index contributed by atoms with van der Waals surface area (Å²) in [6, 6.07) is 7.32. The van der Waals surface area contributed by atoms with Crippen LogP contribution >= 0.6 is 0 Å². The summed E-state index contributed by atoms with van der Waals surface area (Å²) >= 11 is 0. The molecule has 0 radical (unpaired) electrons. The van der Waals surface area contributed by atoms with Crippen molar-refractivity contribution in [2.75, 3.05) is 20.7 Å². The number of carbonyl (C=O) groups is 1. The van der Waals surface area contributed by atoms with Crippen molar-refractivity contribution in [2.45, 2.75) is 25.9 Å². The van der Waals surface area contributed by atoms with Crippen LogP contribution in [0.3, 0.4) is 0 Å². The van der Waals surface area contributed by atoms with E-state index in [2.05, 4.69) is 0 Å². The number of nitrogens with zero attached hydrogens (tertiary/aromatic N) is 1. The first kappa shape index (κ1) is 14.5. The Morgan fingerprint density at radius 3 is 2.44 bits per heavy atom. The van der Waals surface area contributed by atoms with Gasteiger partial charge < -0.3 is 14.7 Å². The highest BCUT2D eigenvalue weighted by molar-refractivity contribution is 5.75. The van der Waals surface area contributed by atoms with E-state index >= 15 is 0 Å². The van der Waals surface area contributed by atoms with E-state index < -0.39 is 6.10 Å². The molecule has 0 spiro atoms. The molecular weight excluding hydrogens is 230 g/mol. The van der Waals surface area contributed by atoms with Gasteiger partial charge in [-0.1, -0.05) is 19.1 Å². The Balaban J connectivity index is 2.42. The van der Waals surface area contributed by atoms with Crippen molar-refractivity contribution in [2.24, 2.45) is 0 Å². The highest BCUT2D eigenvalue weighted by Gasteiger charge is 2.06. The highest BCUT2D eigenvalue weighted by atomic mass is 16.5. The fourth-order valence-corrected chi connectivity index (χ4v) is 1.50. The van der Waals surface area contributed by atoms with Crippen LogP contribution in [0, 0.1) is 0 Å². The molecule has 0 aromatic heterocycles. The van der Waals surface area contributed by atoms with Gasteiger partial charge in [0, 0.05) is 14.1 Å². The third kappa shape index (κ3) is 4.37. The van der Waals surface area contributed by atoms with E-state index in [4.69, 9.17) is 4.74 Å². The predicted molar refractivity (Wildman–Crippen MR) is 70.5 cm³/mol. The second-order valence-corrected chi connectivity index (χ2v) is 4.38. The van der Waals surface area contributed by atoms with Gasteiger partial charge in [-0.2, -0.15) is 0 Å². The number of carbonyl (C=O) groups excluding carboxylic acids is 1. The summed E-state index contributed by atoms with van der Waals surface area (Å²) in [6.07, 6.45) is 0.638. The monoisotopic (exact) mass is 251 g/mol. The van der Waals surface area contributed by atoms with Gasteiger partial charge in [0.2, 0.25) is 5.91 Å². The molecule has 1 amide bonds. The van der Waals surface area contributed by atoms with Crippen LogP contribution < -0.4 is 4.74 Å². The van der Waals surface area contributed by atoms with Gasteiger partial charge in [-0.05, 0) is 24.1 Å². The molecule has 1 aromatic carbocycles. The second kappa shape index (κ2) is 7.01. The molecule has 100 valence electrons.